The molecule has 1 unspecified atom stereocenters. The van der Waals surface area contributed by atoms with Crippen molar-refractivity contribution >= 4 is 32.5 Å². The van der Waals surface area contributed by atoms with E-state index in [0.29, 0.717) is 41.4 Å². The number of anilines is 1. The van der Waals surface area contributed by atoms with E-state index in [9.17, 15) is 13.2 Å². The molecule has 1 aliphatic rings. The van der Waals surface area contributed by atoms with Gasteiger partial charge in [-0.1, -0.05) is 36.9 Å². The van der Waals surface area contributed by atoms with Crippen LogP contribution in [0.15, 0.2) is 73.6 Å². The van der Waals surface area contributed by atoms with Gasteiger partial charge in [0, 0.05) is 30.5 Å². The Hall–Kier alpha value is -4.02. The van der Waals surface area contributed by atoms with Gasteiger partial charge in [0.2, 0.25) is 11.8 Å². The summed E-state index contributed by atoms with van der Waals surface area (Å²) >= 11 is 0. The lowest BCUT2D eigenvalue weighted by molar-refractivity contribution is -0.111. The van der Waals surface area contributed by atoms with E-state index >= 15 is 0 Å². The Kier molecular flexibility index (Phi) is 6.06. The second kappa shape index (κ2) is 9.32. The molecule has 1 amide bonds. The molecule has 0 bridgehead atoms. The fourth-order valence-corrected chi connectivity index (χ4v) is 5.67. The Morgan fingerprint density at radius 1 is 1.14 bits per heavy atom. The molecule has 1 fully saturated rings. The lowest BCUT2D eigenvalue weighted by Crippen LogP contribution is -2.38. The van der Waals surface area contributed by atoms with Gasteiger partial charge in [0.15, 0.2) is 9.84 Å². The lowest BCUT2D eigenvalue weighted by atomic mass is 10.1. The van der Waals surface area contributed by atoms with Crippen LogP contribution in [0.4, 0.5) is 5.69 Å². The van der Waals surface area contributed by atoms with Gasteiger partial charge in [-0.25, -0.2) is 18.4 Å². The summed E-state index contributed by atoms with van der Waals surface area (Å²) < 4.78 is 30.9. The number of sulfone groups is 1. The van der Waals surface area contributed by atoms with Crippen LogP contribution < -0.4 is 15.4 Å². The molecule has 2 aromatic heterocycles. The number of carbonyl (C=O) groups excluding carboxylic acids is 1. The zero-order valence-corrected chi connectivity index (χ0v) is 19.5. The maximum absolute atomic E-state index is 12.4. The highest BCUT2D eigenvalue weighted by Crippen LogP contribution is 2.32. The molecule has 0 radical (unpaired) electrons. The largest absolute Gasteiger partial charge is 0.438 e. The molecule has 35 heavy (non-hydrogen) atoms. The van der Waals surface area contributed by atoms with E-state index in [1.807, 2.05) is 30.3 Å². The molecule has 3 heterocycles. The van der Waals surface area contributed by atoms with Crippen LogP contribution >= 0.6 is 0 Å². The van der Waals surface area contributed by atoms with Crippen molar-refractivity contribution < 1.29 is 17.9 Å². The number of hydrogen-bond acceptors (Lipinski definition) is 7. The normalized spacial score (nSPS) is 17.1. The number of H-pyrrole nitrogens is 1. The van der Waals surface area contributed by atoms with Crippen molar-refractivity contribution in [3.8, 4) is 22.9 Å². The first-order chi connectivity index (χ1) is 16.9. The highest BCUT2D eigenvalue weighted by Gasteiger charge is 2.30. The number of nitrogens with one attached hydrogen (secondary N) is 3. The number of rotatable bonds is 6. The number of aromatic amines is 1. The quantitative estimate of drug-likeness (QED) is 0.353. The number of amides is 1. The molecule has 5 rings (SSSR count). The van der Waals surface area contributed by atoms with Crippen LogP contribution in [0.25, 0.3) is 22.3 Å². The number of carbonyl (C=O) groups is 1. The molecule has 4 aromatic rings. The topological polar surface area (TPSA) is 126 Å². The number of aromatic nitrogens is 3. The molecular weight excluding hydrogens is 466 g/mol. The lowest BCUT2D eigenvalue weighted by Gasteiger charge is -2.23. The van der Waals surface area contributed by atoms with E-state index in [0.717, 1.165) is 16.8 Å². The molecule has 2 aromatic carbocycles. The molecular formula is C25H23N5O4S. The van der Waals surface area contributed by atoms with E-state index in [1.54, 1.807) is 24.3 Å². The minimum absolute atomic E-state index is 0.145. The summed E-state index contributed by atoms with van der Waals surface area (Å²) in [7, 11) is -3.15. The van der Waals surface area contributed by atoms with Crippen LogP contribution in [0, 0.1) is 0 Å². The van der Waals surface area contributed by atoms with Crippen LogP contribution in [-0.2, 0) is 14.6 Å². The molecule has 1 aliphatic heterocycles. The van der Waals surface area contributed by atoms with Gasteiger partial charge in [-0.15, -0.1) is 0 Å². The fourth-order valence-electron chi connectivity index (χ4n) is 4.02. The number of hydrogen-bond donors (Lipinski definition) is 3. The predicted octanol–water partition coefficient (Wildman–Crippen LogP) is 3.60. The van der Waals surface area contributed by atoms with Crippen LogP contribution in [0.3, 0.4) is 0 Å². The molecule has 1 saturated heterocycles. The summed E-state index contributed by atoms with van der Waals surface area (Å²) in [6.45, 7) is 4.36. The summed E-state index contributed by atoms with van der Waals surface area (Å²) in [5, 5.41) is 6.00. The molecule has 9 nitrogen and oxygen atoms in total. The average Bonchev–Trinajstić information content (AvgIpc) is 3.30. The molecule has 0 aliphatic carbocycles. The molecule has 0 saturated carbocycles. The highest BCUT2D eigenvalue weighted by atomic mass is 32.2. The molecule has 3 N–H and O–H groups in total. The zero-order chi connectivity index (χ0) is 24.4. The van der Waals surface area contributed by atoms with E-state index in [-0.39, 0.29) is 11.7 Å². The minimum Gasteiger partial charge on any atom is -0.438 e. The van der Waals surface area contributed by atoms with Crippen LogP contribution in [0.2, 0.25) is 0 Å². The fraction of sp³-hybridized carbons (Fsp3) is 0.160. The maximum atomic E-state index is 12.4. The summed E-state index contributed by atoms with van der Waals surface area (Å²) in [5.74, 6) is 0.694. The van der Waals surface area contributed by atoms with Gasteiger partial charge in [0.25, 0.3) is 0 Å². The summed E-state index contributed by atoms with van der Waals surface area (Å²) in [6, 6.07) is 16.3. The Labute approximate surface area is 202 Å². The van der Waals surface area contributed by atoms with Crippen molar-refractivity contribution in [2.24, 2.45) is 0 Å². The van der Waals surface area contributed by atoms with E-state index in [4.69, 9.17) is 4.74 Å². The van der Waals surface area contributed by atoms with Crippen LogP contribution in [0.5, 0.6) is 11.6 Å². The second-order valence-corrected chi connectivity index (χ2v) is 10.4. The van der Waals surface area contributed by atoms with Crippen LogP contribution in [0.1, 0.15) is 10.8 Å². The number of benzene rings is 2. The smallest absolute Gasteiger partial charge is 0.247 e. The van der Waals surface area contributed by atoms with Gasteiger partial charge in [0.05, 0.1) is 16.4 Å². The molecule has 178 valence electrons. The van der Waals surface area contributed by atoms with E-state index in [1.165, 1.54) is 12.4 Å². The third-order valence-electron chi connectivity index (χ3n) is 5.81. The Morgan fingerprint density at radius 2 is 1.97 bits per heavy atom. The number of nitrogens with zero attached hydrogens (tertiary/aromatic N) is 2. The Bertz CT molecular complexity index is 1510. The van der Waals surface area contributed by atoms with Crippen molar-refractivity contribution in [1.29, 1.82) is 0 Å². The standard InChI is InChI=1S/C25H23N5O4S/c1-2-23(31)29-18-4-3-5-19(12-18)34-25-20-13-21(30-24(20)27-15-28-25)16-6-8-17(9-7-16)22-14-26-10-11-35(22,32)33/h2-9,12-13,15,22,26H,1,10-11,14H2,(H,29,31)(H,27,28,30). The SMILES string of the molecule is C=CC(=O)Nc1cccc(Oc2ncnc3[nH]c(-c4ccc(C5CNCCS5(=O)=O)cc4)cc23)c1. The third-order valence-corrected chi connectivity index (χ3v) is 7.89. The van der Waals surface area contributed by atoms with Gasteiger partial charge in [-0.3, -0.25) is 4.79 Å². The number of fused-ring (bicyclic) bond motifs is 1. The van der Waals surface area contributed by atoms with Crippen molar-refractivity contribution in [3.63, 3.8) is 0 Å². The third kappa shape index (κ3) is 4.79. The first-order valence-corrected chi connectivity index (χ1v) is 12.7. The average molecular weight is 490 g/mol. The zero-order valence-electron chi connectivity index (χ0n) is 18.7. The van der Waals surface area contributed by atoms with Crippen LogP contribution in [-0.4, -0.2) is 48.1 Å². The summed E-state index contributed by atoms with van der Waals surface area (Å²) in [5.41, 5.74) is 3.62. The Morgan fingerprint density at radius 3 is 2.74 bits per heavy atom. The minimum atomic E-state index is -3.15. The van der Waals surface area contributed by atoms with Crippen molar-refractivity contribution in [1.82, 2.24) is 20.3 Å². The van der Waals surface area contributed by atoms with Gasteiger partial charge < -0.3 is 20.4 Å². The first kappa shape index (κ1) is 22.8. The van der Waals surface area contributed by atoms with Gasteiger partial charge in [-0.2, -0.15) is 0 Å². The second-order valence-electron chi connectivity index (χ2n) is 8.13. The Balaban J connectivity index is 1.41. The van der Waals surface area contributed by atoms with E-state index in [2.05, 4.69) is 32.2 Å². The molecule has 10 heteroatoms. The highest BCUT2D eigenvalue weighted by molar-refractivity contribution is 7.91. The molecule has 1 atom stereocenters. The number of ether oxygens (including phenoxy) is 1. The van der Waals surface area contributed by atoms with Gasteiger partial charge in [0.1, 0.15) is 17.7 Å². The van der Waals surface area contributed by atoms with E-state index < -0.39 is 15.1 Å². The van der Waals surface area contributed by atoms with Crippen molar-refractivity contribution in [3.05, 3.63) is 79.1 Å². The summed E-state index contributed by atoms with van der Waals surface area (Å²) in [4.78, 5) is 23.4. The van der Waals surface area contributed by atoms with Crippen molar-refractivity contribution in [2.45, 2.75) is 5.25 Å². The maximum Gasteiger partial charge on any atom is 0.247 e. The monoisotopic (exact) mass is 489 g/mol. The van der Waals surface area contributed by atoms with Gasteiger partial charge >= 0.3 is 0 Å². The molecule has 0 spiro atoms. The summed E-state index contributed by atoms with van der Waals surface area (Å²) in [6.07, 6.45) is 2.60. The first-order valence-electron chi connectivity index (χ1n) is 11.0. The van der Waals surface area contributed by atoms with Crippen molar-refractivity contribution in [2.75, 3.05) is 24.2 Å². The predicted molar refractivity (Wildman–Crippen MR) is 134 cm³/mol. The van der Waals surface area contributed by atoms with Gasteiger partial charge in [-0.05, 0) is 35.4 Å².